The number of ether oxygens (including phenoxy) is 1. The van der Waals surface area contributed by atoms with Crippen molar-refractivity contribution in [2.75, 3.05) is 13.7 Å². The number of amides is 1. The first-order valence-electron chi connectivity index (χ1n) is 8.15. The van der Waals surface area contributed by atoms with Crippen LogP contribution in [0, 0.1) is 17.8 Å². The van der Waals surface area contributed by atoms with Gasteiger partial charge in [-0.1, -0.05) is 0 Å². The van der Waals surface area contributed by atoms with E-state index in [4.69, 9.17) is 4.74 Å². The van der Waals surface area contributed by atoms with E-state index in [1.165, 1.54) is 7.11 Å². The Morgan fingerprint density at radius 1 is 1.46 bits per heavy atom. The Kier molecular flexibility index (Phi) is 3.16. The molecule has 1 saturated heterocycles. The number of esters is 1. The summed E-state index contributed by atoms with van der Waals surface area (Å²) in [4.78, 5) is 29.5. The molecular formula is C17H22N4O3. The van der Waals surface area contributed by atoms with Gasteiger partial charge in [0.1, 0.15) is 0 Å². The largest absolute Gasteiger partial charge is 0.468 e. The third kappa shape index (κ3) is 2.26. The molecule has 1 N–H and O–H groups in total. The predicted octanol–water partition coefficient (Wildman–Crippen LogP) is 1.29. The maximum Gasteiger partial charge on any atom is 0.321 e. The lowest BCUT2D eigenvalue weighted by Gasteiger charge is -2.37. The molecule has 1 aliphatic carbocycles. The van der Waals surface area contributed by atoms with Gasteiger partial charge in [0.05, 0.1) is 24.7 Å². The molecule has 3 heterocycles. The van der Waals surface area contributed by atoms with Gasteiger partial charge < -0.3 is 10.1 Å². The van der Waals surface area contributed by atoms with E-state index in [9.17, 15) is 9.59 Å². The van der Waals surface area contributed by atoms with Crippen LogP contribution in [-0.4, -0.2) is 40.1 Å². The summed E-state index contributed by atoms with van der Waals surface area (Å²) in [6.45, 7) is 2.55. The molecule has 4 rings (SSSR count). The third-order valence-corrected chi connectivity index (χ3v) is 5.25. The van der Waals surface area contributed by atoms with E-state index in [0.29, 0.717) is 18.7 Å². The number of aromatic nitrogens is 3. The van der Waals surface area contributed by atoms with E-state index in [1.807, 2.05) is 25.3 Å². The molecule has 1 saturated carbocycles. The third-order valence-electron chi connectivity index (χ3n) is 5.25. The Morgan fingerprint density at radius 2 is 2.25 bits per heavy atom. The highest BCUT2D eigenvalue weighted by molar-refractivity contribution is 6.03. The van der Waals surface area contributed by atoms with Gasteiger partial charge in [-0.2, -0.15) is 5.10 Å². The van der Waals surface area contributed by atoms with Crippen LogP contribution in [0.25, 0.3) is 5.65 Å². The number of carbonyl (C=O) groups is 2. The summed E-state index contributed by atoms with van der Waals surface area (Å²) < 4.78 is 6.69. The smallest absolute Gasteiger partial charge is 0.321 e. The minimum absolute atomic E-state index is 0. The van der Waals surface area contributed by atoms with Crippen molar-refractivity contribution in [3.63, 3.8) is 0 Å². The van der Waals surface area contributed by atoms with E-state index < -0.39 is 11.4 Å². The van der Waals surface area contributed by atoms with Crippen molar-refractivity contribution in [3.8, 4) is 0 Å². The van der Waals surface area contributed by atoms with Crippen molar-refractivity contribution in [1.82, 2.24) is 19.9 Å². The minimum atomic E-state index is -1.19. The quantitative estimate of drug-likeness (QED) is 0.677. The van der Waals surface area contributed by atoms with Gasteiger partial charge in [-0.25, -0.2) is 9.50 Å². The average Bonchev–Trinajstić information content (AvgIpc) is 3.21. The number of methoxy groups -OCH3 is 1. The number of carbonyl (C=O) groups excluding carboxylic acids is 2. The second kappa shape index (κ2) is 5.03. The molecule has 2 aliphatic rings. The molecular weight excluding hydrogens is 308 g/mol. The van der Waals surface area contributed by atoms with Crippen LogP contribution >= 0.6 is 0 Å². The molecule has 7 heteroatoms. The highest BCUT2D eigenvalue weighted by Gasteiger charge is 2.60. The van der Waals surface area contributed by atoms with Crippen molar-refractivity contribution in [2.24, 2.45) is 10.8 Å². The van der Waals surface area contributed by atoms with Crippen molar-refractivity contribution in [3.05, 3.63) is 29.7 Å². The van der Waals surface area contributed by atoms with E-state index in [1.54, 1.807) is 4.52 Å². The number of imidazole rings is 1. The topological polar surface area (TPSA) is 85.6 Å². The Hall–Kier alpha value is -2.44. The summed E-state index contributed by atoms with van der Waals surface area (Å²) in [6.07, 6.45) is 4.67. The Morgan fingerprint density at radius 3 is 2.96 bits per heavy atom. The van der Waals surface area contributed by atoms with Crippen LogP contribution < -0.4 is 5.32 Å². The van der Waals surface area contributed by atoms with Gasteiger partial charge in [0.2, 0.25) is 5.91 Å². The number of fused-ring (bicyclic) bond motifs is 1. The molecule has 1 unspecified atom stereocenters. The van der Waals surface area contributed by atoms with Gasteiger partial charge in [-0.3, -0.25) is 9.59 Å². The second-order valence-electron chi connectivity index (χ2n) is 7.12. The van der Waals surface area contributed by atoms with Crippen molar-refractivity contribution >= 4 is 17.5 Å². The number of hydrogen-bond acceptors (Lipinski definition) is 5. The minimum Gasteiger partial charge on any atom is -0.468 e. The second-order valence-corrected chi connectivity index (χ2v) is 7.12. The van der Waals surface area contributed by atoms with Gasteiger partial charge in [0.25, 0.3) is 0 Å². The molecule has 2 aromatic heterocycles. The molecule has 1 amide bonds. The number of piperidine rings is 1. The first kappa shape index (κ1) is 15.1. The molecule has 1 spiro atoms. The standard InChI is InChI=1S/C17H20N4O3.H2/c1-11-8-21-13(19-11)4-3-12(20-21)7-17(15(23)24-2)9-16(5-6-16)10-18-14(17)22;/h3-4,8H,5-7,9-10H2,1-2H3,(H,18,22);1H. The molecule has 0 radical (unpaired) electrons. The maximum atomic E-state index is 12.6. The normalized spacial score (nSPS) is 24.8. The van der Waals surface area contributed by atoms with E-state index in [-0.39, 0.29) is 19.2 Å². The van der Waals surface area contributed by atoms with Crippen molar-refractivity contribution in [1.29, 1.82) is 0 Å². The average molecular weight is 330 g/mol. The van der Waals surface area contributed by atoms with Gasteiger partial charge in [-0.05, 0) is 43.7 Å². The zero-order valence-electron chi connectivity index (χ0n) is 13.8. The van der Waals surface area contributed by atoms with Crippen LogP contribution in [0.15, 0.2) is 18.3 Å². The molecule has 24 heavy (non-hydrogen) atoms. The molecule has 2 aromatic rings. The fourth-order valence-corrected chi connectivity index (χ4v) is 3.77. The summed E-state index contributed by atoms with van der Waals surface area (Å²) in [7, 11) is 1.33. The SMILES string of the molecule is COC(=O)C1(Cc2ccc3nc(C)cn3n2)CC2(CC2)CNC1=O.[HH]. The predicted molar refractivity (Wildman–Crippen MR) is 87.3 cm³/mol. The van der Waals surface area contributed by atoms with Crippen LogP contribution in [0.4, 0.5) is 0 Å². The van der Waals surface area contributed by atoms with Crippen LogP contribution in [0.3, 0.4) is 0 Å². The lowest BCUT2D eigenvalue weighted by atomic mass is 9.71. The van der Waals surface area contributed by atoms with Crippen molar-refractivity contribution < 1.29 is 15.8 Å². The Labute approximate surface area is 140 Å². The van der Waals surface area contributed by atoms with Crippen LogP contribution in [0.5, 0.6) is 0 Å². The van der Waals surface area contributed by atoms with Crippen molar-refractivity contribution in [2.45, 2.75) is 32.6 Å². The van der Waals surface area contributed by atoms with Gasteiger partial charge in [0, 0.05) is 14.4 Å². The van der Waals surface area contributed by atoms with Crippen LogP contribution in [-0.2, 0) is 20.7 Å². The highest BCUT2D eigenvalue weighted by atomic mass is 16.5. The summed E-state index contributed by atoms with van der Waals surface area (Å²) in [5.41, 5.74) is 1.15. The van der Waals surface area contributed by atoms with E-state index in [2.05, 4.69) is 15.4 Å². The molecule has 7 nitrogen and oxygen atoms in total. The zero-order chi connectivity index (χ0) is 16.9. The number of rotatable bonds is 3. The number of hydrogen-bond donors (Lipinski definition) is 1. The molecule has 1 aliphatic heterocycles. The van der Waals surface area contributed by atoms with Gasteiger partial charge >= 0.3 is 5.97 Å². The lowest BCUT2D eigenvalue weighted by molar-refractivity contribution is -0.163. The molecule has 0 aromatic carbocycles. The summed E-state index contributed by atoms with van der Waals surface area (Å²) in [5.74, 6) is -0.731. The van der Waals surface area contributed by atoms with E-state index >= 15 is 0 Å². The molecule has 2 fully saturated rings. The first-order valence-corrected chi connectivity index (χ1v) is 8.15. The van der Waals surface area contributed by atoms with Crippen LogP contribution in [0.1, 0.15) is 32.1 Å². The summed E-state index contributed by atoms with van der Waals surface area (Å²) in [6, 6.07) is 3.68. The monoisotopic (exact) mass is 330 g/mol. The lowest BCUT2D eigenvalue weighted by Crippen LogP contribution is -2.56. The molecule has 0 bridgehead atoms. The van der Waals surface area contributed by atoms with Gasteiger partial charge in [-0.15, -0.1) is 0 Å². The number of nitrogens with one attached hydrogen (secondary N) is 1. The van der Waals surface area contributed by atoms with Gasteiger partial charge in [0.15, 0.2) is 11.1 Å². The number of aryl methyl sites for hydroxylation is 1. The highest BCUT2D eigenvalue weighted by Crippen LogP contribution is 2.56. The fourth-order valence-electron chi connectivity index (χ4n) is 3.77. The fraction of sp³-hybridized carbons (Fsp3) is 0.529. The maximum absolute atomic E-state index is 12.6. The number of nitrogens with zero attached hydrogens (tertiary/aromatic N) is 3. The van der Waals surface area contributed by atoms with E-state index in [0.717, 1.165) is 24.2 Å². The molecule has 1 atom stereocenters. The Balaban J connectivity index is 0.00000182. The summed E-state index contributed by atoms with van der Waals surface area (Å²) >= 11 is 0. The first-order chi connectivity index (χ1) is 11.5. The van der Waals surface area contributed by atoms with Crippen LogP contribution in [0.2, 0.25) is 0 Å². The molecule has 128 valence electrons. The Bertz CT molecular complexity index is 836. The summed E-state index contributed by atoms with van der Waals surface area (Å²) in [5, 5.41) is 7.44. The zero-order valence-corrected chi connectivity index (χ0v) is 13.8.